The van der Waals surface area contributed by atoms with Crippen LogP contribution in [0.25, 0.3) is 0 Å². The molecule has 0 radical (unpaired) electrons. The second-order valence-corrected chi connectivity index (χ2v) is 5.05. The molecule has 0 spiro atoms. The number of anilines is 1. The van der Waals surface area contributed by atoms with Gasteiger partial charge in [-0.2, -0.15) is 0 Å². The summed E-state index contributed by atoms with van der Waals surface area (Å²) in [7, 11) is 0. The van der Waals surface area contributed by atoms with Crippen molar-refractivity contribution in [3.05, 3.63) is 57.8 Å². The van der Waals surface area contributed by atoms with Gasteiger partial charge in [-0.3, -0.25) is 14.2 Å². The molecule has 1 amide bonds. The summed E-state index contributed by atoms with van der Waals surface area (Å²) in [6, 6.07) is 7.17. The minimum Gasteiger partial charge on any atom is -0.325 e. The maximum atomic E-state index is 12.0. The highest BCUT2D eigenvalue weighted by molar-refractivity contribution is 5.90. The molecule has 5 nitrogen and oxygen atoms in total. The zero-order chi connectivity index (χ0) is 15.4. The van der Waals surface area contributed by atoms with E-state index in [9.17, 15) is 9.59 Å². The van der Waals surface area contributed by atoms with Crippen LogP contribution in [-0.4, -0.2) is 15.5 Å². The number of carbonyl (C=O) groups is 1. The normalized spacial score (nSPS) is 10.4. The predicted octanol–water partition coefficient (Wildman–Crippen LogP) is 2.06. The quantitative estimate of drug-likeness (QED) is 0.935. The van der Waals surface area contributed by atoms with Crippen molar-refractivity contribution in [1.29, 1.82) is 0 Å². The topological polar surface area (TPSA) is 64.0 Å². The summed E-state index contributed by atoms with van der Waals surface area (Å²) in [5.74, 6) is -0.244. The molecule has 0 bridgehead atoms. The summed E-state index contributed by atoms with van der Waals surface area (Å²) >= 11 is 0. The van der Waals surface area contributed by atoms with Crippen LogP contribution < -0.4 is 10.9 Å². The van der Waals surface area contributed by atoms with E-state index in [4.69, 9.17) is 0 Å². The number of aromatic nitrogens is 2. The summed E-state index contributed by atoms with van der Waals surface area (Å²) in [5, 5.41) is 2.79. The zero-order valence-electron chi connectivity index (χ0n) is 12.5. The van der Waals surface area contributed by atoms with E-state index < -0.39 is 0 Å². The summed E-state index contributed by atoms with van der Waals surface area (Å²) in [5.41, 5.74) is 3.53. The fourth-order valence-corrected chi connectivity index (χ4v) is 1.95. The first-order chi connectivity index (χ1) is 9.99. The molecule has 1 aromatic carbocycles. The highest BCUT2D eigenvalue weighted by atomic mass is 16.2. The lowest BCUT2D eigenvalue weighted by Crippen LogP contribution is -2.27. The van der Waals surface area contributed by atoms with Crippen molar-refractivity contribution in [2.75, 3.05) is 5.32 Å². The van der Waals surface area contributed by atoms with Crippen LogP contribution in [0.4, 0.5) is 5.69 Å². The molecule has 0 atom stereocenters. The Morgan fingerprint density at radius 2 is 2.00 bits per heavy atom. The fraction of sp³-hybridized carbons (Fsp3) is 0.312. The Kier molecular flexibility index (Phi) is 4.52. The number of nitrogens with one attached hydrogen (secondary N) is 1. The van der Waals surface area contributed by atoms with Gasteiger partial charge in [0.1, 0.15) is 6.54 Å². The molecular formula is C16H19N3O2. The molecule has 1 N–H and O–H groups in total. The SMILES string of the molecule is CCc1cc(=O)n(CC(=O)Nc2ccc(C)c(C)c2)cn1. The maximum Gasteiger partial charge on any atom is 0.253 e. The van der Waals surface area contributed by atoms with Crippen LogP contribution in [0.2, 0.25) is 0 Å². The Hall–Kier alpha value is -2.43. The van der Waals surface area contributed by atoms with Gasteiger partial charge >= 0.3 is 0 Å². The van der Waals surface area contributed by atoms with Crippen LogP contribution >= 0.6 is 0 Å². The molecule has 0 saturated heterocycles. The van der Waals surface area contributed by atoms with Crippen LogP contribution in [0.1, 0.15) is 23.7 Å². The molecule has 2 aromatic rings. The van der Waals surface area contributed by atoms with E-state index in [0.717, 1.165) is 16.9 Å². The van der Waals surface area contributed by atoms with E-state index in [0.29, 0.717) is 6.42 Å². The van der Waals surface area contributed by atoms with Crippen LogP contribution in [0.5, 0.6) is 0 Å². The van der Waals surface area contributed by atoms with E-state index in [-0.39, 0.29) is 18.0 Å². The van der Waals surface area contributed by atoms with Crippen molar-refractivity contribution in [1.82, 2.24) is 9.55 Å². The third kappa shape index (κ3) is 3.78. The second kappa shape index (κ2) is 6.35. The average molecular weight is 285 g/mol. The lowest BCUT2D eigenvalue weighted by atomic mass is 10.1. The lowest BCUT2D eigenvalue weighted by molar-refractivity contribution is -0.116. The molecule has 5 heteroatoms. The highest BCUT2D eigenvalue weighted by Gasteiger charge is 2.06. The predicted molar refractivity (Wildman–Crippen MR) is 82.4 cm³/mol. The molecule has 0 aliphatic rings. The Labute approximate surface area is 123 Å². The van der Waals surface area contributed by atoms with Crippen LogP contribution in [0, 0.1) is 13.8 Å². The number of carbonyl (C=O) groups excluding carboxylic acids is 1. The second-order valence-electron chi connectivity index (χ2n) is 5.05. The number of rotatable bonds is 4. The van der Waals surface area contributed by atoms with Crippen LogP contribution in [-0.2, 0) is 17.8 Å². The van der Waals surface area contributed by atoms with Crippen LogP contribution in [0.3, 0.4) is 0 Å². The standard InChI is InChI=1S/C16H19N3O2/c1-4-13-8-16(21)19(10-17-13)9-15(20)18-14-6-5-11(2)12(3)7-14/h5-8,10H,4,9H2,1-3H3,(H,18,20). The largest absolute Gasteiger partial charge is 0.325 e. The zero-order valence-corrected chi connectivity index (χ0v) is 12.5. The van der Waals surface area contributed by atoms with E-state index in [1.165, 1.54) is 22.5 Å². The number of amides is 1. The van der Waals surface area contributed by atoms with E-state index in [1.54, 1.807) is 0 Å². The molecule has 0 saturated carbocycles. The minimum absolute atomic E-state index is 0.0389. The Balaban J connectivity index is 2.08. The van der Waals surface area contributed by atoms with Crippen molar-refractivity contribution in [3.8, 4) is 0 Å². The van der Waals surface area contributed by atoms with Gasteiger partial charge in [-0.25, -0.2) is 4.98 Å². The van der Waals surface area contributed by atoms with Crippen molar-refractivity contribution in [2.24, 2.45) is 0 Å². The van der Waals surface area contributed by atoms with E-state index in [2.05, 4.69) is 10.3 Å². The molecule has 21 heavy (non-hydrogen) atoms. The van der Waals surface area contributed by atoms with Crippen molar-refractivity contribution >= 4 is 11.6 Å². The van der Waals surface area contributed by atoms with Gasteiger partial charge in [0, 0.05) is 17.4 Å². The Bertz CT molecular complexity index is 720. The molecule has 2 rings (SSSR count). The molecule has 0 fully saturated rings. The Morgan fingerprint density at radius 1 is 1.24 bits per heavy atom. The number of nitrogens with zero attached hydrogens (tertiary/aromatic N) is 2. The van der Waals surface area contributed by atoms with E-state index >= 15 is 0 Å². The third-order valence-electron chi connectivity index (χ3n) is 3.40. The van der Waals surface area contributed by atoms with Gasteiger partial charge in [0.25, 0.3) is 5.56 Å². The maximum absolute atomic E-state index is 12.0. The number of hydrogen-bond donors (Lipinski definition) is 1. The summed E-state index contributed by atoms with van der Waals surface area (Å²) in [6.07, 6.45) is 2.12. The summed E-state index contributed by atoms with van der Waals surface area (Å²) in [4.78, 5) is 27.9. The Morgan fingerprint density at radius 3 is 2.62 bits per heavy atom. The minimum atomic E-state index is -0.244. The molecule has 1 aromatic heterocycles. The van der Waals surface area contributed by atoms with Gasteiger partial charge in [0.05, 0.1) is 6.33 Å². The van der Waals surface area contributed by atoms with E-state index in [1.807, 2.05) is 39.0 Å². The van der Waals surface area contributed by atoms with Crippen molar-refractivity contribution in [2.45, 2.75) is 33.7 Å². The highest BCUT2D eigenvalue weighted by Crippen LogP contribution is 2.13. The van der Waals surface area contributed by atoms with Gasteiger partial charge in [-0.05, 0) is 43.5 Å². The van der Waals surface area contributed by atoms with Gasteiger partial charge in [0.2, 0.25) is 5.91 Å². The van der Waals surface area contributed by atoms with Gasteiger partial charge in [-0.1, -0.05) is 13.0 Å². The molecule has 0 unspecified atom stereocenters. The average Bonchev–Trinajstić information content (AvgIpc) is 2.45. The molecule has 110 valence electrons. The molecule has 1 heterocycles. The monoisotopic (exact) mass is 285 g/mol. The first-order valence-electron chi connectivity index (χ1n) is 6.92. The van der Waals surface area contributed by atoms with Crippen LogP contribution in [0.15, 0.2) is 35.4 Å². The number of aryl methyl sites for hydroxylation is 3. The van der Waals surface area contributed by atoms with Gasteiger partial charge in [-0.15, -0.1) is 0 Å². The van der Waals surface area contributed by atoms with Crippen molar-refractivity contribution < 1.29 is 4.79 Å². The number of benzene rings is 1. The smallest absolute Gasteiger partial charge is 0.253 e. The molecule has 0 aliphatic carbocycles. The first kappa shape index (κ1) is 15.0. The first-order valence-corrected chi connectivity index (χ1v) is 6.92. The fourth-order valence-electron chi connectivity index (χ4n) is 1.95. The number of hydrogen-bond acceptors (Lipinski definition) is 3. The van der Waals surface area contributed by atoms with Crippen molar-refractivity contribution in [3.63, 3.8) is 0 Å². The third-order valence-corrected chi connectivity index (χ3v) is 3.40. The van der Waals surface area contributed by atoms with Gasteiger partial charge in [0.15, 0.2) is 0 Å². The lowest BCUT2D eigenvalue weighted by Gasteiger charge is -2.09. The molecular weight excluding hydrogens is 266 g/mol. The molecule has 0 aliphatic heterocycles. The summed E-state index contributed by atoms with van der Waals surface area (Å²) < 4.78 is 1.30. The van der Waals surface area contributed by atoms with Gasteiger partial charge < -0.3 is 5.32 Å². The summed E-state index contributed by atoms with van der Waals surface area (Å²) in [6.45, 7) is 5.89.